The molecular formula is C20H20N6O3. The van der Waals surface area contributed by atoms with Crippen LogP contribution in [0.25, 0.3) is 5.69 Å². The Morgan fingerprint density at radius 2 is 2.07 bits per heavy atom. The van der Waals surface area contributed by atoms with Crippen molar-refractivity contribution < 1.29 is 14.3 Å². The fourth-order valence-corrected chi connectivity index (χ4v) is 3.31. The molecule has 0 bridgehead atoms. The van der Waals surface area contributed by atoms with Gasteiger partial charge in [0.25, 0.3) is 0 Å². The Morgan fingerprint density at radius 3 is 2.79 bits per heavy atom. The second-order valence-corrected chi connectivity index (χ2v) is 6.74. The van der Waals surface area contributed by atoms with Gasteiger partial charge < -0.3 is 15.0 Å². The lowest BCUT2D eigenvalue weighted by Gasteiger charge is -2.17. The van der Waals surface area contributed by atoms with E-state index in [1.807, 2.05) is 24.3 Å². The smallest absolute Gasteiger partial charge is 0.229 e. The van der Waals surface area contributed by atoms with Crippen LogP contribution in [-0.4, -0.2) is 50.1 Å². The Hall–Kier alpha value is -3.75. The molecule has 0 radical (unpaired) electrons. The molecule has 0 saturated carbocycles. The van der Waals surface area contributed by atoms with E-state index in [0.29, 0.717) is 24.5 Å². The number of pyridine rings is 1. The van der Waals surface area contributed by atoms with Crippen molar-refractivity contribution in [2.45, 2.75) is 13.0 Å². The first-order valence-electron chi connectivity index (χ1n) is 9.15. The third-order valence-corrected chi connectivity index (χ3v) is 4.82. The van der Waals surface area contributed by atoms with Gasteiger partial charge in [0.05, 0.1) is 36.6 Å². The summed E-state index contributed by atoms with van der Waals surface area (Å²) in [7, 11) is 1.54. The van der Waals surface area contributed by atoms with Gasteiger partial charge in [0.15, 0.2) is 0 Å². The number of carbonyl (C=O) groups excluding carboxylic acids is 2. The average Bonchev–Trinajstić information content (AvgIpc) is 3.39. The Kier molecular flexibility index (Phi) is 5.19. The summed E-state index contributed by atoms with van der Waals surface area (Å²) in [5.41, 5.74) is 2.11. The van der Waals surface area contributed by atoms with Crippen LogP contribution >= 0.6 is 0 Å². The molecule has 9 nitrogen and oxygen atoms in total. The molecule has 148 valence electrons. The highest BCUT2D eigenvalue weighted by molar-refractivity contribution is 5.98. The minimum absolute atomic E-state index is 0.0546. The summed E-state index contributed by atoms with van der Waals surface area (Å²) in [5.74, 6) is -0.179. The Balaban J connectivity index is 1.46. The summed E-state index contributed by atoms with van der Waals surface area (Å²) < 4.78 is 7.09. The van der Waals surface area contributed by atoms with Crippen LogP contribution in [0.4, 0.5) is 5.69 Å². The van der Waals surface area contributed by atoms with Crippen molar-refractivity contribution in [2.75, 3.05) is 19.0 Å². The minimum Gasteiger partial charge on any atom is -0.495 e. The Morgan fingerprint density at radius 1 is 1.24 bits per heavy atom. The van der Waals surface area contributed by atoms with E-state index in [1.165, 1.54) is 7.11 Å². The third kappa shape index (κ3) is 4.08. The summed E-state index contributed by atoms with van der Waals surface area (Å²) in [4.78, 5) is 31.1. The Bertz CT molecular complexity index is 1010. The van der Waals surface area contributed by atoms with E-state index in [9.17, 15) is 9.59 Å². The van der Waals surface area contributed by atoms with Crippen molar-refractivity contribution >= 4 is 17.5 Å². The predicted octanol–water partition coefficient (Wildman–Crippen LogP) is 1.66. The highest BCUT2D eigenvalue weighted by atomic mass is 16.5. The molecule has 1 saturated heterocycles. The SMILES string of the molecule is COc1ccc(-n2cnnc2)cc1NC(=O)C1CC(=O)N(Cc2ccccn2)C1. The van der Waals surface area contributed by atoms with E-state index in [0.717, 1.165) is 11.4 Å². The molecule has 1 aromatic carbocycles. The molecule has 4 rings (SSSR count). The first-order valence-corrected chi connectivity index (χ1v) is 9.15. The lowest BCUT2D eigenvalue weighted by atomic mass is 10.1. The zero-order chi connectivity index (χ0) is 20.2. The van der Waals surface area contributed by atoms with Gasteiger partial charge in [-0.1, -0.05) is 6.07 Å². The summed E-state index contributed by atoms with van der Waals surface area (Å²) in [6, 6.07) is 10.9. The summed E-state index contributed by atoms with van der Waals surface area (Å²) in [6.45, 7) is 0.755. The van der Waals surface area contributed by atoms with Crippen LogP contribution < -0.4 is 10.1 Å². The number of benzene rings is 1. The zero-order valence-corrected chi connectivity index (χ0v) is 15.9. The van der Waals surface area contributed by atoms with Gasteiger partial charge in [0.1, 0.15) is 18.4 Å². The number of aromatic nitrogens is 4. The molecule has 1 aliphatic rings. The number of carbonyl (C=O) groups is 2. The summed E-state index contributed by atoms with van der Waals surface area (Å²) in [6.07, 6.45) is 5.00. The molecule has 1 aliphatic heterocycles. The van der Waals surface area contributed by atoms with Gasteiger partial charge in [0, 0.05) is 19.2 Å². The van der Waals surface area contributed by atoms with E-state index in [4.69, 9.17) is 4.74 Å². The van der Waals surface area contributed by atoms with Gasteiger partial charge in [-0.05, 0) is 30.3 Å². The maximum atomic E-state index is 12.8. The van der Waals surface area contributed by atoms with E-state index in [1.54, 1.807) is 40.5 Å². The van der Waals surface area contributed by atoms with Crippen molar-refractivity contribution in [1.82, 2.24) is 24.6 Å². The van der Waals surface area contributed by atoms with Crippen molar-refractivity contribution in [3.63, 3.8) is 0 Å². The summed E-state index contributed by atoms with van der Waals surface area (Å²) in [5, 5.41) is 10.5. The van der Waals surface area contributed by atoms with Crippen molar-refractivity contribution in [2.24, 2.45) is 5.92 Å². The molecule has 3 heterocycles. The van der Waals surface area contributed by atoms with E-state index in [-0.39, 0.29) is 18.2 Å². The van der Waals surface area contributed by atoms with Gasteiger partial charge in [0.2, 0.25) is 11.8 Å². The van der Waals surface area contributed by atoms with Crippen LogP contribution in [0.5, 0.6) is 5.75 Å². The highest BCUT2D eigenvalue weighted by Crippen LogP contribution is 2.29. The summed E-state index contributed by atoms with van der Waals surface area (Å²) >= 11 is 0. The maximum absolute atomic E-state index is 12.8. The molecular weight excluding hydrogens is 372 g/mol. The van der Waals surface area contributed by atoms with Gasteiger partial charge in [-0.2, -0.15) is 0 Å². The predicted molar refractivity (Wildman–Crippen MR) is 104 cm³/mol. The largest absolute Gasteiger partial charge is 0.495 e. The van der Waals surface area contributed by atoms with E-state index < -0.39 is 5.92 Å². The molecule has 1 atom stereocenters. The average molecular weight is 392 g/mol. The van der Waals surface area contributed by atoms with Crippen LogP contribution in [0.3, 0.4) is 0 Å². The monoisotopic (exact) mass is 392 g/mol. The van der Waals surface area contributed by atoms with E-state index in [2.05, 4.69) is 20.5 Å². The molecule has 2 aromatic heterocycles. The minimum atomic E-state index is -0.436. The van der Waals surface area contributed by atoms with E-state index >= 15 is 0 Å². The van der Waals surface area contributed by atoms with Gasteiger partial charge in [-0.15, -0.1) is 10.2 Å². The van der Waals surface area contributed by atoms with Crippen LogP contribution in [0.15, 0.2) is 55.2 Å². The first kappa shape index (κ1) is 18.6. The van der Waals surface area contributed by atoms with Crippen LogP contribution in [0.1, 0.15) is 12.1 Å². The van der Waals surface area contributed by atoms with Gasteiger partial charge in [-0.3, -0.25) is 19.1 Å². The third-order valence-electron chi connectivity index (χ3n) is 4.82. The second kappa shape index (κ2) is 8.09. The van der Waals surface area contributed by atoms with Crippen molar-refractivity contribution in [3.8, 4) is 11.4 Å². The first-order chi connectivity index (χ1) is 14.1. The fourth-order valence-electron chi connectivity index (χ4n) is 3.31. The lowest BCUT2D eigenvalue weighted by molar-refractivity contribution is -0.128. The molecule has 3 aromatic rings. The molecule has 1 N–H and O–H groups in total. The van der Waals surface area contributed by atoms with Crippen molar-refractivity contribution in [1.29, 1.82) is 0 Å². The number of hydrogen-bond donors (Lipinski definition) is 1. The van der Waals surface area contributed by atoms with Crippen LogP contribution in [0.2, 0.25) is 0 Å². The fraction of sp³-hybridized carbons (Fsp3) is 0.250. The molecule has 1 fully saturated rings. The standard InChI is InChI=1S/C20H20N6O3/c1-29-18-6-5-16(26-12-22-23-13-26)9-17(18)24-20(28)14-8-19(27)25(10-14)11-15-4-2-3-7-21-15/h2-7,9,12-14H,8,10-11H2,1H3,(H,24,28). The number of methoxy groups -OCH3 is 1. The highest BCUT2D eigenvalue weighted by Gasteiger charge is 2.34. The lowest BCUT2D eigenvalue weighted by Crippen LogP contribution is -2.28. The number of hydrogen-bond acceptors (Lipinski definition) is 6. The quantitative estimate of drug-likeness (QED) is 0.684. The number of nitrogens with zero attached hydrogens (tertiary/aromatic N) is 5. The number of likely N-dealkylation sites (tertiary alicyclic amines) is 1. The molecule has 9 heteroatoms. The van der Waals surface area contributed by atoms with Gasteiger partial charge >= 0.3 is 0 Å². The number of ether oxygens (including phenoxy) is 1. The Labute approximate surface area is 167 Å². The topological polar surface area (TPSA) is 102 Å². The maximum Gasteiger partial charge on any atom is 0.229 e. The van der Waals surface area contributed by atoms with Crippen molar-refractivity contribution in [3.05, 3.63) is 60.9 Å². The molecule has 2 amide bonds. The van der Waals surface area contributed by atoms with Crippen LogP contribution in [0, 0.1) is 5.92 Å². The number of nitrogens with one attached hydrogen (secondary N) is 1. The number of rotatable bonds is 6. The normalized spacial score (nSPS) is 16.1. The van der Waals surface area contributed by atoms with Crippen LogP contribution in [-0.2, 0) is 16.1 Å². The number of amides is 2. The number of anilines is 1. The van der Waals surface area contributed by atoms with Gasteiger partial charge in [-0.25, -0.2) is 0 Å². The second-order valence-electron chi connectivity index (χ2n) is 6.74. The molecule has 0 spiro atoms. The zero-order valence-electron chi connectivity index (χ0n) is 15.9. The molecule has 1 unspecified atom stereocenters. The molecule has 29 heavy (non-hydrogen) atoms. The molecule has 0 aliphatic carbocycles.